The highest BCUT2D eigenvalue weighted by molar-refractivity contribution is 8.00. The van der Waals surface area contributed by atoms with Crippen LogP contribution in [-0.4, -0.2) is 67.4 Å². The van der Waals surface area contributed by atoms with Crippen molar-refractivity contribution in [3.8, 4) is 28.4 Å². The van der Waals surface area contributed by atoms with Crippen molar-refractivity contribution in [2.75, 3.05) is 44.6 Å². The summed E-state index contributed by atoms with van der Waals surface area (Å²) in [6.07, 6.45) is 1.90. The zero-order valence-electron chi connectivity index (χ0n) is 24.2. The summed E-state index contributed by atoms with van der Waals surface area (Å²) in [5, 5.41) is 7.83. The molecule has 43 heavy (non-hydrogen) atoms. The number of ether oxygens (including phenoxy) is 3. The Morgan fingerprint density at radius 2 is 1.79 bits per heavy atom. The summed E-state index contributed by atoms with van der Waals surface area (Å²) >= 11 is 1.51. The maximum absolute atomic E-state index is 13.9. The van der Waals surface area contributed by atoms with E-state index in [0.717, 1.165) is 46.7 Å². The fourth-order valence-electron chi connectivity index (χ4n) is 5.59. The minimum atomic E-state index is -0.294. The van der Waals surface area contributed by atoms with Gasteiger partial charge in [0.05, 0.1) is 42.7 Å². The minimum absolute atomic E-state index is 0.000613. The normalized spacial score (nSPS) is 18.2. The molecule has 222 valence electrons. The van der Waals surface area contributed by atoms with E-state index >= 15 is 0 Å². The van der Waals surface area contributed by atoms with Gasteiger partial charge in [0.2, 0.25) is 11.8 Å². The molecule has 0 spiro atoms. The van der Waals surface area contributed by atoms with E-state index in [1.165, 1.54) is 11.8 Å². The first-order valence-electron chi connectivity index (χ1n) is 14.3. The van der Waals surface area contributed by atoms with Gasteiger partial charge in [-0.1, -0.05) is 48.5 Å². The topological polar surface area (TPSA) is 94.9 Å². The SMILES string of the molecule is COc1ccc(-n2nc(-c3ccccc3)c3c2N(CC(=O)NCC2CCCO2)C(=O)CSC3c2ccccc2OC)cc1. The van der Waals surface area contributed by atoms with Crippen molar-refractivity contribution >= 4 is 29.4 Å². The third kappa shape index (κ3) is 5.98. The predicted molar refractivity (Wildman–Crippen MR) is 167 cm³/mol. The molecule has 2 unspecified atom stereocenters. The summed E-state index contributed by atoms with van der Waals surface area (Å²) in [4.78, 5) is 28.9. The van der Waals surface area contributed by atoms with Crippen molar-refractivity contribution in [3.63, 3.8) is 0 Å². The monoisotopic (exact) mass is 598 g/mol. The first-order chi connectivity index (χ1) is 21.1. The molecular formula is C33H34N4O5S. The molecule has 0 radical (unpaired) electrons. The van der Waals surface area contributed by atoms with Crippen molar-refractivity contribution in [2.45, 2.75) is 24.2 Å². The fourth-order valence-corrected chi connectivity index (χ4v) is 6.82. The molecule has 2 atom stereocenters. The van der Waals surface area contributed by atoms with Gasteiger partial charge in [-0.3, -0.25) is 14.5 Å². The van der Waals surface area contributed by atoms with Crippen LogP contribution in [0.5, 0.6) is 11.5 Å². The number of carbonyl (C=O) groups excluding carboxylic acids is 2. The summed E-state index contributed by atoms with van der Waals surface area (Å²) in [5.41, 5.74) is 4.15. The maximum atomic E-state index is 13.9. The number of rotatable bonds is 9. The number of nitrogens with one attached hydrogen (secondary N) is 1. The molecule has 6 rings (SSSR count). The Hall–Kier alpha value is -4.28. The van der Waals surface area contributed by atoms with Gasteiger partial charge in [-0.05, 0) is 43.2 Å². The number of thioether (sulfide) groups is 1. The molecule has 4 aromatic rings. The Kier molecular flexibility index (Phi) is 8.67. The van der Waals surface area contributed by atoms with Gasteiger partial charge in [0.25, 0.3) is 0 Å². The first-order valence-corrected chi connectivity index (χ1v) is 15.4. The van der Waals surface area contributed by atoms with Gasteiger partial charge in [0, 0.05) is 29.8 Å². The second kappa shape index (κ2) is 12.9. The number of fused-ring (bicyclic) bond motifs is 1. The number of benzene rings is 3. The van der Waals surface area contributed by atoms with Crippen LogP contribution < -0.4 is 19.7 Å². The molecule has 0 bridgehead atoms. The zero-order chi connectivity index (χ0) is 29.8. The molecule has 0 aliphatic carbocycles. The van der Waals surface area contributed by atoms with Crippen molar-refractivity contribution < 1.29 is 23.8 Å². The van der Waals surface area contributed by atoms with Gasteiger partial charge in [0.15, 0.2) is 0 Å². The van der Waals surface area contributed by atoms with E-state index in [-0.39, 0.29) is 35.5 Å². The van der Waals surface area contributed by atoms with E-state index in [2.05, 4.69) is 5.32 Å². The predicted octanol–water partition coefficient (Wildman–Crippen LogP) is 5.02. The molecule has 3 heterocycles. The number of anilines is 1. The van der Waals surface area contributed by atoms with Gasteiger partial charge in [-0.15, -0.1) is 11.8 Å². The van der Waals surface area contributed by atoms with Crippen LogP contribution in [0.25, 0.3) is 16.9 Å². The van der Waals surface area contributed by atoms with Gasteiger partial charge >= 0.3 is 0 Å². The molecule has 1 N–H and O–H groups in total. The Bertz CT molecular complexity index is 1580. The Labute approximate surface area is 255 Å². The number of carbonyl (C=O) groups is 2. The summed E-state index contributed by atoms with van der Waals surface area (Å²) < 4.78 is 18.6. The van der Waals surface area contributed by atoms with Crippen LogP contribution in [0.4, 0.5) is 5.82 Å². The molecule has 2 amide bonds. The Balaban J connectivity index is 1.53. The molecule has 10 heteroatoms. The molecule has 9 nitrogen and oxygen atoms in total. The van der Waals surface area contributed by atoms with Gasteiger partial charge in [-0.25, -0.2) is 4.68 Å². The van der Waals surface area contributed by atoms with E-state index in [4.69, 9.17) is 19.3 Å². The lowest BCUT2D eigenvalue weighted by Gasteiger charge is -2.24. The smallest absolute Gasteiger partial charge is 0.240 e. The first kappa shape index (κ1) is 28.8. The quantitative estimate of drug-likeness (QED) is 0.289. The van der Waals surface area contributed by atoms with Crippen molar-refractivity contribution in [3.05, 3.63) is 90.0 Å². The number of para-hydroxylation sites is 1. The highest BCUT2D eigenvalue weighted by Crippen LogP contribution is 2.50. The number of hydrogen-bond acceptors (Lipinski definition) is 7. The zero-order valence-corrected chi connectivity index (χ0v) is 25.0. The van der Waals surface area contributed by atoms with Crippen LogP contribution in [0.15, 0.2) is 78.9 Å². The third-order valence-electron chi connectivity index (χ3n) is 7.73. The molecule has 1 fully saturated rings. The number of methoxy groups -OCH3 is 2. The summed E-state index contributed by atoms with van der Waals surface area (Å²) in [7, 11) is 3.27. The Morgan fingerprint density at radius 1 is 1.02 bits per heavy atom. The number of nitrogens with zero attached hydrogens (tertiary/aromatic N) is 3. The van der Waals surface area contributed by atoms with Crippen LogP contribution >= 0.6 is 11.8 Å². The van der Waals surface area contributed by atoms with Crippen molar-refractivity contribution in [1.82, 2.24) is 15.1 Å². The summed E-state index contributed by atoms with van der Waals surface area (Å²) in [6.45, 7) is 0.979. The van der Waals surface area contributed by atoms with E-state index in [0.29, 0.717) is 24.7 Å². The lowest BCUT2D eigenvalue weighted by atomic mass is 9.99. The highest BCUT2D eigenvalue weighted by atomic mass is 32.2. The molecule has 3 aromatic carbocycles. The highest BCUT2D eigenvalue weighted by Gasteiger charge is 2.38. The van der Waals surface area contributed by atoms with E-state index in [9.17, 15) is 9.59 Å². The molecular weight excluding hydrogens is 564 g/mol. The van der Waals surface area contributed by atoms with Gasteiger partial charge in [0.1, 0.15) is 23.9 Å². The third-order valence-corrected chi connectivity index (χ3v) is 8.96. The maximum Gasteiger partial charge on any atom is 0.240 e. The summed E-state index contributed by atoms with van der Waals surface area (Å²) in [6, 6.07) is 25.3. The lowest BCUT2D eigenvalue weighted by Crippen LogP contribution is -2.44. The molecule has 0 saturated carbocycles. The number of aromatic nitrogens is 2. The van der Waals surface area contributed by atoms with Crippen LogP contribution in [-0.2, 0) is 14.3 Å². The van der Waals surface area contributed by atoms with Crippen LogP contribution in [0, 0.1) is 0 Å². The van der Waals surface area contributed by atoms with E-state index < -0.39 is 0 Å². The van der Waals surface area contributed by atoms with Crippen molar-refractivity contribution in [2.24, 2.45) is 0 Å². The molecule has 1 saturated heterocycles. The van der Waals surface area contributed by atoms with Crippen LogP contribution in [0.1, 0.15) is 29.2 Å². The second-order valence-corrected chi connectivity index (χ2v) is 11.5. The molecule has 1 aromatic heterocycles. The average Bonchev–Trinajstić information content (AvgIpc) is 3.69. The minimum Gasteiger partial charge on any atom is -0.497 e. The van der Waals surface area contributed by atoms with Gasteiger partial charge < -0.3 is 19.5 Å². The average molecular weight is 599 g/mol. The lowest BCUT2D eigenvalue weighted by molar-refractivity contribution is -0.123. The Morgan fingerprint density at radius 3 is 2.51 bits per heavy atom. The summed E-state index contributed by atoms with van der Waals surface area (Å²) in [5.74, 6) is 1.73. The van der Waals surface area contributed by atoms with Crippen LogP contribution in [0.3, 0.4) is 0 Å². The van der Waals surface area contributed by atoms with Crippen molar-refractivity contribution in [1.29, 1.82) is 0 Å². The van der Waals surface area contributed by atoms with Gasteiger partial charge in [-0.2, -0.15) is 5.10 Å². The molecule has 2 aliphatic rings. The molecule has 2 aliphatic heterocycles. The fraction of sp³-hybridized carbons (Fsp3) is 0.303. The number of amides is 2. The largest absolute Gasteiger partial charge is 0.497 e. The standard InChI is InChI=1S/C33H34N4O5S/c1-40-24-16-14-23(15-17-24)37-33-30(31(35-37)22-9-4-3-5-10-22)32(26-12-6-7-13-27(26)41-2)43-21-29(39)36(33)20-28(38)34-19-25-11-8-18-42-25/h3-7,9-10,12-17,25,32H,8,11,18-21H2,1-2H3,(H,34,38). The number of hydrogen-bond donors (Lipinski definition) is 1. The van der Waals surface area contributed by atoms with Crippen LogP contribution in [0.2, 0.25) is 0 Å². The second-order valence-electron chi connectivity index (χ2n) is 10.4. The van der Waals surface area contributed by atoms with E-state index in [1.54, 1.807) is 23.8 Å². The van der Waals surface area contributed by atoms with E-state index in [1.807, 2.05) is 78.9 Å².